The third-order valence-electron chi connectivity index (χ3n) is 13.4. The second-order valence-electron chi connectivity index (χ2n) is 17.6. The molecule has 0 aromatic heterocycles. The van der Waals surface area contributed by atoms with Gasteiger partial charge in [-0.25, -0.2) is 0 Å². The highest BCUT2D eigenvalue weighted by Crippen LogP contribution is 2.48. The number of nitrogens with zero attached hydrogens (tertiary/aromatic N) is 1. The Hall–Kier alpha value is -9.04. The number of anilines is 3. The molecular weight excluding hydrogens is 831 g/mol. The molecule has 0 spiro atoms. The first-order valence-corrected chi connectivity index (χ1v) is 23.7. The summed E-state index contributed by atoms with van der Waals surface area (Å²) in [5, 5.41) is 4.90. The topological polar surface area (TPSA) is 3.24 Å². The molecule has 1 heteroatoms. The second-order valence-corrected chi connectivity index (χ2v) is 17.6. The van der Waals surface area contributed by atoms with Crippen LogP contribution < -0.4 is 4.90 Å². The van der Waals surface area contributed by atoms with Crippen molar-refractivity contribution in [3.8, 4) is 77.9 Å². The van der Waals surface area contributed by atoms with Crippen molar-refractivity contribution in [2.45, 2.75) is 0 Å². The van der Waals surface area contributed by atoms with Gasteiger partial charge in [-0.05, 0) is 148 Å². The predicted octanol–water partition coefficient (Wildman–Crippen LogP) is 19.1. The molecule has 0 aliphatic heterocycles. The quantitative estimate of drug-likeness (QED) is 0.124. The normalized spacial score (nSPS) is 11.2. The SMILES string of the molecule is c1ccc(-c2cc(-c3ccccc3)cc(N(c3ccc(-c4ccc(-c5ccccc5)c(-c5ccccc5)c4)cc3)c3ccc4c(c3)c(-c3ccccc3)c(-c3ccccc3)c3ccccc34)c2)cc1. The molecule has 0 bridgehead atoms. The molecule has 0 heterocycles. The van der Waals surface area contributed by atoms with E-state index in [1.807, 2.05) is 0 Å². The fraction of sp³-hybridized carbons (Fsp3) is 0. The zero-order valence-electron chi connectivity index (χ0n) is 38.1. The third-order valence-corrected chi connectivity index (χ3v) is 13.4. The highest BCUT2D eigenvalue weighted by Gasteiger charge is 2.22. The smallest absolute Gasteiger partial charge is 0.0473 e. The van der Waals surface area contributed by atoms with Gasteiger partial charge in [0.05, 0.1) is 0 Å². The van der Waals surface area contributed by atoms with E-state index in [0.29, 0.717) is 0 Å². The van der Waals surface area contributed by atoms with Gasteiger partial charge in [0.2, 0.25) is 0 Å². The van der Waals surface area contributed by atoms with E-state index in [4.69, 9.17) is 0 Å². The molecule has 0 aliphatic carbocycles. The molecule has 0 saturated heterocycles. The Balaban J connectivity index is 1.09. The number of hydrogen-bond acceptors (Lipinski definition) is 1. The van der Waals surface area contributed by atoms with Crippen LogP contribution in [0.3, 0.4) is 0 Å². The van der Waals surface area contributed by atoms with Crippen LogP contribution in [0.5, 0.6) is 0 Å². The summed E-state index contributed by atoms with van der Waals surface area (Å²) in [4.78, 5) is 2.45. The molecule has 0 amide bonds. The van der Waals surface area contributed by atoms with E-state index in [0.717, 1.165) is 33.8 Å². The van der Waals surface area contributed by atoms with Gasteiger partial charge in [-0.15, -0.1) is 0 Å². The van der Waals surface area contributed by atoms with Gasteiger partial charge >= 0.3 is 0 Å². The molecule has 324 valence electrons. The lowest BCUT2D eigenvalue weighted by Crippen LogP contribution is -2.10. The van der Waals surface area contributed by atoms with E-state index in [2.05, 4.69) is 290 Å². The average molecular weight is 878 g/mol. The van der Waals surface area contributed by atoms with Crippen LogP contribution in [-0.4, -0.2) is 0 Å². The molecule has 12 aromatic rings. The summed E-state index contributed by atoms with van der Waals surface area (Å²) in [6, 6.07) is 104. The molecule has 0 atom stereocenters. The van der Waals surface area contributed by atoms with E-state index in [1.165, 1.54) is 82.7 Å². The molecular formula is C68H47N. The largest absolute Gasteiger partial charge is 0.310 e. The first kappa shape index (κ1) is 41.4. The van der Waals surface area contributed by atoms with Crippen LogP contribution in [0.15, 0.2) is 285 Å². The van der Waals surface area contributed by atoms with Crippen LogP contribution in [0, 0.1) is 0 Å². The van der Waals surface area contributed by atoms with Gasteiger partial charge in [0.25, 0.3) is 0 Å². The molecule has 0 unspecified atom stereocenters. The molecule has 0 radical (unpaired) electrons. The molecule has 69 heavy (non-hydrogen) atoms. The Bertz CT molecular complexity index is 3660. The molecule has 12 aromatic carbocycles. The first-order chi connectivity index (χ1) is 34.2. The average Bonchev–Trinajstić information content (AvgIpc) is 3.44. The monoisotopic (exact) mass is 877 g/mol. The Kier molecular flexibility index (Phi) is 11.0. The van der Waals surface area contributed by atoms with E-state index in [9.17, 15) is 0 Å². The number of hydrogen-bond donors (Lipinski definition) is 0. The van der Waals surface area contributed by atoms with Gasteiger partial charge in [0.15, 0.2) is 0 Å². The van der Waals surface area contributed by atoms with Crippen LogP contribution in [0.1, 0.15) is 0 Å². The van der Waals surface area contributed by atoms with Gasteiger partial charge < -0.3 is 4.90 Å². The third kappa shape index (κ3) is 8.07. The lowest BCUT2D eigenvalue weighted by molar-refractivity contribution is 1.29. The molecule has 1 nitrogen and oxygen atoms in total. The first-order valence-electron chi connectivity index (χ1n) is 23.7. The van der Waals surface area contributed by atoms with Crippen molar-refractivity contribution >= 4 is 38.6 Å². The lowest BCUT2D eigenvalue weighted by atomic mass is 9.85. The van der Waals surface area contributed by atoms with Crippen LogP contribution in [0.4, 0.5) is 17.1 Å². The van der Waals surface area contributed by atoms with E-state index >= 15 is 0 Å². The Morgan fingerprint density at radius 2 is 0.565 bits per heavy atom. The van der Waals surface area contributed by atoms with Crippen molar-refractivity contribution in [1.82, 2.24) is 0 Å². The minimum Gasteiger partial charge on any atom is -0.310 e. The van der Waals surface area contributed by atoms with Crippen LogP contribution >= 0.6 is 0 Å². The minimum atomic E-state index is 1.07. The summed E-state index contributed by atoms with van der Waals surface area (Å²) in [5.41, 5.74) is 19.9. The highest BCUT2D eigenvalue weighted by molar-refractivity contribution is 6.22. The molecule has 0 fully saturated rings. The van der Waals surface area contributed by atoms with Crippen molar-refractivity contribution in [2.24, 2.45) is 0 Å². The summed E-state index contributed by atoms with van der Waals surface area (Å²) in [6.45, 7) is 0. The Morgan fingerprint density at radius 1 is 0.174 bits per heavy atom. The maximum atomic E-state index is 2.45. The highest BCUT2D eigenvalue weighted by atomic mass is 15.1. The van der Waals surface area contributed by atoms with Crippen LogP contribution in [0.2, 0.25) is 0 Å². The fourth-order valence-electron chi connectivity index (χ4n) is 10.2. The number of rotatable bonds is 10. The molecule has 0 saturated carbocycles. The standard InChI is InChI=1S/C68H47N/c1-7-21-48(22-8-1)56-43-57(49-23-9-2-10-24-49)45-60(44-56)69(58-38-35-50(36-39-58)55-37-41-61(51-25-11-3-12-26-51)65(46-55)52-27-13-4-14-28-52)59-40-42-63-62-33-19-20-34-64(62)67(53-29-15-5-16-30-53)68(66(63)47-59)54-31-17-6-18-32-54/h1-47H. The summed E-state index contributed by atoms with van der Waals surface area (Å²) in [7, 11) is 0. The van der Waals surface area contributed by atoms with Gasteiger partial charge in [-0.3, -0.25) is 0 Å². The maximum absolute atomic E-state index is 2.45. The van der Waals surface area contributed by atoms with Crippen molar-refractivity contribution in [2.75, 3.05) is 4.90 Å². The molecule has 0 N–H and O–H groups in total. The maximum Gasteiger partial charge on any atom is 0.0473 e. The summed E-state index contributed by atoms with van der Waals surface area (Å²) >= 11 is 0. The van der Waals surface area contributed by atoms with Crippen molar-refractivity contribution in [1.29, 1.82) is 0 Å². The van der Waals surface area contributed by atoms with Gasteiger partial charge in [0.1, 0.15) is 0 Å². The fourth-order valence-corrected chi connectivity index (χ4v) is 10.2. The lowest BCUT2D eigenvalue weighted by Gasteiger charge is -2.28. The number of fused-ring (bicyclic) bond motifs is 3. The van der Waals surface area contributed by atoms with Gasteiger partial charge in [0, 0.05) is 17.1 Å². The van der Waals surface area contributed by atoms with Crippen molar-refractivity contribution in [3.63, 3.8) is 0 Å². The van der Waals surface area contributed by atoms with Gasteiger partial charge in [-0.1, -0.05) is 237 Å². The summed E-state index contributed by atoms with van der Waals surface area (Å²) in [5.74, 6) is 0. The van der Waals surface area contributed by atoms with Crippen molar-refractivity contribution in [3.05, 3.63) is 285 Å². The van der Waals surface area contributed by atoms with E-state index < -0.39 is 0 Å². The number of benzene rings is 12. The Morgan fingerprint density at radius 3 is 1.10 bits per heavy atom. The molecule has 0 aliphatic rings. The van der Waals surface area contributed by atoms with Crippen LogP contribution in [-0.2, 0) is 0 Å². The zero-order valence-corrected chi connectivity index (χ0v) is 38.1. The summed E-state index contributed by atoms with van der Waals surface area (Å²) in [6.07, 6.45) is 0. The van der Waals surface area contributed by atoms with Crippen LogP contribution in [0.25, 0.3) is 99.4 Å². The predicted molar refractivity (Wildman–Crippen MR) is 294 cm³/mol. The second kappa shape index (κ2) is 18.3. The van der Waals surface area contributed by atoms with E-state index in [-0.39, 0.29) is 0 Å². The van der Waals surface area contributed by atoms with E-state index in [1.54, 1.807) is 0 Å². The zero-order chi connectivity index (χ0) is 45.9. The Labute approximate surface area is 404 Å². The minimum absolute atomic E-state index is 1.07. The van der Waals surface area contributed by atoms with Gasteiger partial charge in [-0.2, -0.15) is 0 Å². The summed E-state index contributed by atoms with van der Waals surface area (Å²) < 4.78 is 0. The van der Waals surface area contributed by atoms with Crippen molar-refractivity contribution < 1.29 is 0 Å². The molecule has 12 rings (SSSR count).